The van der Waals surface area contributed by atoms with Gasteiger partial charge in [-0.1, -0.05) is 35.7 Å². The maximum atomic E-state index is 5.89. The molecule has 0 aliphatic heterocycles. The van der Waals surface area contributed by atoms with Crippen LogP contribution in [-0.2, 0) is 6.42 Å². The molecule has 0 radical (unpaired) electrons. The lowest BCUT2D eigenvalue weighted by Gasteiger charge is -2.06. The van der Waals surface area contributed by atoms with Crippen molar-refractivity contribution in [1.29, 1.82) is 0 Å². The summed E-state index contributed by atoms with van der Waals surface area (Å²) in [5.41, 5.74) is 9.20. The van der Waals surface area contributed by atoms with Crippen molar-refractivity contribution in [2.75, 3.05) is 18.5 Å². The number of nitrogens with zero attached hydrogens (tertiary/aromatic N) is 1. The third kappa shape index (κ3) is 6.92. The van der Waals surface area contributed by atoms with Gasteiger partial charge in [0.15, 0.2) is 5.96 Å². The number of aliphatic imine (C=N–C) groups is 1. The quantitative estimate of drug-likeness (QED) is 0.316. The van der Waals surface area contributed by atoms with E-state index in [1.165, 1.54) is 11.1 Å². The van der Waals surface area contributed by atoms with Crippen LogP contribution in [0.15, 0.2) is 53.5 Å². The molecule has 0 heterocycles. The Morgan fingerprint density at radius 1 is 1.17 bits per heavy atom. The predicted octanol–water partition coefficient (Wildman–Crippen LogP) is 3.59. The molecule has 126 valence electrons. The predicted molar refractivity (Wildman–Crippen MR) is 111 cm³/mol. The third-order valence-corrected chi connectivity index (χ3v) is 3.25. The number of ether oxygens (including phenoxy) is 1. The van der Waals surface area contributed by atoms with Crippen molar-refractivity contribution >= 4 is 35.6 Å². The zero-order chi connectivity index (χ0) is 16.5. The summed E-state index contributed by atoms with van der Waals surface area (Å²) in [6, 6.07) is 15.8. The first-order chi connectivity index (χ1) is 11.2. The SMILES string of the molecule is C#CCOc1ccc(CCN=C(N)Nc2ccc(C)cc2)cc1.I. The van der Waals surface area contributed by atoms with Gasteiger partial charge in [0.2, 0.25) is 0 Å². The monoisotopic (exact) mass is 435 g/mol. The summed E-state index contributed by atoms with van der Waals surface area (Å²) in [5, 5.41) is 3.08. The molecular weight excluding hydrogens is 413 g/mol. The average molecular weight is 435 g/mol. The minimum Gasteiger partial charge on any atom is -0.481 e. The van der Waals surface area contributed by atoms with Gasteiger partial charge in [0, 0.05) is 12.2 Å². The minimum atomic E-state index is 0. The summed E-state index contributed by atoms with van der Waals surface area (Å²) >= 11 is 0. The van der Waals surface area contributed by atoms with E-state index >= 15 is 0 Å². The van der Waals surface area contributed by atoms with Crippen LogP contribution >= 0.6 is 24.0 Å². The highest BCUT2D eigenvalue weighted by atomic mass is 127. The highest BCUT2D eigenvalue weighted by molar-refractivity contribution is 14.0. The maximum Gasteiger partial charge on any atom is 0.193 e. The standard InChI is InChI=1S/C19H21N3O.HI/c1-3-14-23-18-10-6-16(7-11-18)12-13-21-19(20)22-17-8-4-15(2)5-9-17;/h1,4-11H,12-14H2,2H3,(H3,20,21,22);1H. The molecular formula is C19H22IN3O. The number of nitrogens with two attached hydrogens (primary N) is 1. The van der Waals surface area contributed by atoms with Crippen molar-refractivity contribution < 1.29 is 4.74 Å². The molecule has 0 amide bonds. The number of anilines is 1. The molecule has 0 aromatic heterocycles. The summed E-state index contributed by atoms with van der Waals surface area (Å²) in [4.78, 5) is 4.33. The topological polar surface area (TPSA) is 59.6 Å². The lowest BCUT2D eigenvalue weighted by Crippen LogP contribution is -2.23. The van der Waals surface area contributed by atoms with Crippen molar-refractivity contribution in [2.45, 2.75) is 13.3 Å². The van der Waals surface area contributed by atoms with Crippen molar-refractivity contribution in [2.24, 2.45) is 10.7 Å². The van der Waals surface area contributed by atoms with Crippen molar-refractivity contribution in [1.82, 2.24) is 0 Å². The van der Waals surface area contributed by atoms with Crippen LogP contribution in [-0.4, -0.2) is 19.1 Å². The summed E-state index contributed by atoms with van der Waals surface area (Å²) in [5.74, 6) is 3.63. The molecule has 0 bridgehead atoms. The van der Waals surface area contributed by atoms with E-state index in [0.29, 0.717) is 12.5 Å². The normalized spacial score (nSPS) is 10.4. The first-order valence-electron chi connectivity index (χ1n) is 7.46. The van der Waals surface area contributed by atoms with Crippen LogP contribution in [0.3, 0.4) is 0 Å². The minimum absolute atomic E-state index is 0. The second-order valence-corrected chi connectivity index (χ2v) is 5.14. The fraction of sp³-hybridized carbons (Fsp3) is 0.211. The van der Waals surface area contributed by atoms with Gasteiger partial charge in [0.25, 0.3) is 0 Å². The highest BCUT2D eigenvalue weighted by Gasteiger charge is 1.97. The lowest BCUT2D eigenvalue weighted by atomic mass is 10.1. The molecule has 0 spiro atoms. The van der Waals surface area contributed by atoms with Crippen LogP contribution in [0.5, 0.6) is 5.75 Å². The van der Waals surface area contributed by atoms with Gasteiger partial charge in [0.05, 0.1) is 0 Å². The molecule has 0 aliphatic carbocycles. The van der Waals surface area contributed by atoms with Crippen LogP contribution in [0.25, 0.3) is 0 Å². The Labute approximate surface area is 160 Å². The Balaban J connectivity index is 0.00000288. The highest BCUT2D eigenvalue weighted by Crippen LogP contribution is 2.12. The third-order valence-electron chi connectivity index (χ3n) is 3.25. The van der Waals surface area contributed by atoms with Crippen molar-refractivity contribution in [3.05, 3.63) is 59.7 Å². The van der Waals surface area contributed by atoms with Crippen LogP contribution in [0.1, 0.15) is 11.1 Å². The van der Waals surface area contributed by atoms with Gasteiger partial charge in [-0.15, -0.1) is 30.4 Å². The number of nitrogens with one attached hydrogen (secondary N) is 1. The number of terminal acetylenes is 1. The Kier molecular flexibility index (Phi) is 8.72. The number of guanidine groups is 1. The zero-order valence-electron chi connectivity index (χ0n) is 13.7. The lowest BCUT2D eigenvalue weighted by molar-refractivity contribution is 0.370. The molecule has 0 aliphatic rings. The van der Waals surface area contributed by atoms with Gasteiger partial charge in [0.1, 0.15) is 12.4 Å². The molecule has 24 heavy (non-hydrogen) atoms. The fourth-order valence-electron chi connectivity index (χ4n) is 2.01. The van der Waals surface area contributed by atoms with E-state index in [4.69, 9.17) is 16.9 Å². The van der Waals surface area contributed by atoms with E-state index in [2.05, 4.69) is 16.2 Å². The Morgan fingerprint density at radius 3 is 2.46 bits per heavy atom. The summed E-state index contributed by atoms with van der Waals surface area (Å²) in [6.45, 7) is 2.95. The first kappa shape index (κ1) is 19.8. The Morgan fingerprint density at radius 2 is 1.83 bits per heavy atom. The summed E-state index contributed by atoms with van der Waals surface area (Å²) in [7, 11) is 0. The molecule has 0 saturated heterocycles. The molecule has 0 unspecified atom stereocenters. The van der Waals surface area contributed by atoms with Crippen molar-refractivity contribution in [3.8, 4) is 18.1 Å². The second-order valence-electron chi connectivity index (χ2n) is 5.14. The molecule has 0 saturated carbocycles. The zero-order valence-corrected chi connectivity index (χ0v) is 16.0. The average Bonchev–Trinajstić information content (AvgIpc) is 2.56. The van der Waals surface area contributed by atoms with Crippen LogP contribution < -0.4 is 15.8 Å². The second kappa shape index (κ2) is 10.6. The Bertz CT molecular complexity index is 688. The number of hydrogen-bond donors (Lipinski definition) is 2. The number of rotatable bonds is 6. The van der Waals surface area contributed by atoms with Crippen LogP contribution in [0.2, 0.25) is 0 Å². The maximum absolute atomic E-state index is 5.89. The fourth-order valence-corrected chi connectivity index (χ4v) is 2.01. The summed E-state index contributed by atoms with van der Waals surface area (Å²) < 4.78 is 5.33. The van der Waals surface area contributed by atoms with E-state index in [1.807, 2.05) is 55.5 Å². The van der Waals surface area contributed by atoms with E-state index in [1.54, 1.807) is 0 Å². The Hall–Kier alpha value is -2.20. The van der Waals surface area contributed by atoms with Gasteiger partial charge >= 0.3 is 0 Å². The van der Waals surface area contributed by atoms with Gasteiger partial charge in [-0.3, -0.25) is 4.99 Å². The van der Waals surface area contributed by atoms with Gasteiger partial charge < -0.3 is 15.8 Å². The molecule has 5 heteroatoms. The first-order valence-corrected chi connectivity index (χ1v) is 7.46. The van der Waals surface area contributed by atoms with E-state index in [0.717, 1.165) is 17.9 Å². The van der Waals surface area contributed by atoms with E-state index < -0.39 is 0 Å². The number of hydrogen-bond acceptors (Lipinski definition) is 2. The van der Waals surface area contributed by atoms with E-state index in [-0.39, 0.29) is 30.6 Å². The molecule has 2 aromatic carbocycles. The van der Waals surface area contributed by atoms with Crippen LogP contribution in [0.4, 0.5) is 5.69 Å². The van der Waals surface area contributed by atoms with Gasteiger partial charge in [-0.05, 0) is 43.2 Å². The summed E-state index contributed by atoms with van der Waals surface area (Å²) in [6.07, 6.45) is 5.97. The van der Waals surface area contributed by atoms with Crippen molar-refractivity contribution in [3.63, 3.8) is 0 Å². The van der Waals surface area contributed by atoms with Crippen LogP contribution in [0, 0.1) is 19.3 Å². The molecule has 3 N–H and O–H groups in total. The number of benzene rings is 2. The molecule has 4 nitrogen and oxygen atoms in total. The van der Waals surface area contributed by atoms with E-state index in [9.17, 15) is 0 Å². The number of aryl methyl sites for hydroxylation is 1. The molecule has 0 atom stereocenters. The molecule has 2 rings (SSSR count). The smallest absolute Gasteiger partial charge is 0.193 e. The molecule has 2 aromatic rings. The van der Waals surface area contributed by atoms with Gasteiger partial charge in [-0.25, -0.2) is 0 Å². The van der Waals surface area contributed by atoms with Gasteiger partial charge in [-0.2, -0.15) is 0 Å². The largest absolute Gasteiger partial charge is 0.481 e. The molecule has 0 fully saturated rings. The number of halogens is 1.